The van der Waals surface area contributed by atoms with Crippen molar-refractivity contribution in [3.63, 3.8) is 0 Å². The quantitative estimate of drug-likeness (QED) is 0.617. The SMILES string of the molecule is Cc1cc(=O)n(C)c(SC(C)C(=O)N2CCCC2)n1. The van der Waals surface area contributed by atoms with Gasteiger partial charge >= 0.3 is 0 Å². The molecule has 1 aliphatic heterocycles. The van der Waals surface area contributed by atoms with E-state index in [9.17, 15) is 9.59 Å². The lowest BCUT2D eigenvalue weighted by molar-refractivity contribution is -0.129. The van der Waals surface area contributed by atoms with Gasteiger partial charge in [-0.3, -0.25) is 14.2 Å². The summed E-state index contributed by atoms with van der Waals surface area (Å²) in [6.07, 6.45) is 2.18. The molecule has 19 heavy (non-hydrogen) atoms. The van der Waals surface area contributed by atoms with E-state index in [4.69, 9.17) is 0 Å². The first-order valence-corrected chi connectivity index (χ1v) is 7.37. The molecular weight excluding hydrogens is 262 g/mol. The Morgan fingerprint density at radius 3 is 2.68 bits per heavy atom. The maximum Gasteiger partial charge on any atom is 0.254 e. The molecule has 104 valence electrons. The molecule has 1 aromatic heterocycles. The van der Waals surface area contributed by atoms with Crippen LogP contribution >= 0.6 is 11.8 Å². The largest absolute Gasteiger partial charge is 0.342 e. The van der Waals surface area contributed by atoms with Crippen LogP contribution in [0.1, 0.15) is 25.5 Å². The molecule has 6 heteroatoms. The standard InChI is InChI=1S/C13H19N3O2S/c1-9-8-11(17)15(3)13(14-9)19-10(2)12(18)16-6-4-5-7-16/h8,10H,4-7H2,1-3H3. The molecule has 2 heterocycles. The number of aryl methyl sites for hydroxylation is 1. The van der Waals surface area contributed by atoms with E-state index in [2.05, 4.69) is 4.98 Å². The fraction of sp³-hybridized carbons (Fsp3) is 0.615. The molecule has 1 saturated heterocycles. The summed E-state index contributed by atoms with van der Waals surface area (Å²) in [5.74, 6) is 0.137. The molecule has 0 spiro atoms. The lowest BCUT2D eigenvalue weighted by Gasteiger charge is -2.20. The van der Waals surface area contributed by atoms with Crippen LogP contribution in [0.15, 0.2) is 16.0 Å². The number of thioether (sulfide) groups is 1. The van der Waals surface area contributed by atoms with Gasteiger partial charge in [0.1, 0.15) is 0 Å². The maximum absolute atomic E-state index is 12.2. The van der Waals surface area contributed by atoms with Gasteiger partial charge in [-0.25, -0.2) is 4.98 Å². The van der Waals surface area contributed by atoms with E-state index in [1.54, 1.807) is 14.0 Å². The Morgan fingerprint density at radius 2 is 2.05 bits per heavy atom. The van der Waals surface area contributed by atoms with Crippen LogP contribution in [0.25, 0.3) is 0 Å². The van der Waals surface area contributed by atoms with Crippen molar-refractivity contribution in [2.75, 3.05) is 13.1 Å². The Kier molecular flexibility index (Phi) is 4.29. The second-order valence-electron chi connectivity index (χ2n) is 4.87. The molecule has 1 aromatic rings. The minimum Gasteiger partial charge on any atom is -0.342 e. The Hall–Kier alpha value is -1.30. The van der Waals surface area contributed by atoms with E-state index in [1.807, 2.05) is 11.8 Å². The topological polar surface area (TPSA) is 55.2 Å². The van der Waals surface area contributed by atoms with Gasteiger partial charge in [-0.1, -0.05) is 11.8 Å². The smallest absolute Gasteiger partial charge is 0.254 e. The average molecular weight is 281 g/mol. The third kappa shape index (κ3) is 3.18. The molecular formula is C13H19N3O2S. The lowest BCUT2D eigenvalue weighted by Crippen LogP contribution is -2.34. The van der Waals surface area contributed by atoms with Crippen LogP contribution in [0.2, 0.25) is 0 Å². The molecule has 1 atom stereocenters. The lowest BCUT2D eigenvalue weighted by atomic mass is 10.4. The fourth-order valence-corrected chi connectivity index (χ4v) is 3.15. The van der Waals surface area contributed by atoms with Gasteiger partial charge in [-0.2, -0.15) is 0 Å². The number of hydrogen-bond donors (Lipinski definition) is 0. The molecule has 2 rings (SSSR count). The van der Waals surface area contributed by atoms with Crippen LogP contribution in [0.3, 0.4) is 0 Å². The number of amides is 1. The number of aromatic nitrogens is 2. The predicted molar refractivity (Wildman–Crippen MR) is 75.3 cm³/mol. The van der Waals surface area contributed by atoms with Crippen LogP contribution < -0.4 is 5.56 Å². The van der Waals surface area contributed by atoms with Gasteiger partial charge < -0.3 is 4.90 Å². The summed E-state index contributed by atoms with van der Waals surface area (Å²) in [5.41, 5.74) is 0.599. The first-order valence-electron chi connectivity index (χ1n) is 6.49. The molecule has 0 saturated carbocycles. The fourth-order valence-electron chi connectivity index (χ4n) is 2.14. The highest BCUT2D eigenvalue weighted by atomic mass is 32.2. The van der Waals surface area contributed by atoms with Crippen LogP contribution in [0, 0.1) is 6.92 Å². The van der Waals surface area contributed by atoms with Crippen molar-refractivity contribution in [2.45, 2.75) is 37.1 Å². The highest BCUT2D eigenvalue weighted by Gasteiger charge is 2.25. The van der Waals surface area contributed by atoms with Gasteiger partial charge in [0.05, 0.1) is 5.25 Å². The van der Waals surface area contributed by atoms with Crippen LogP contribution in [0.5, 0.6) is 0 Å². The number of carbonyl (C=O) groups excluding carboxylic acids is 1. The van der Waals surface area contributed by atoms with Crippen molar-refractivity contribution in [1.82, 2.24) is 14.5 Å². The zero-order valence-corrected chi connectivity index (χ0v) is 12.4. The molecule has 0 radical (unpaired) electrons. The molecule has 1 unspecified atom stereocenters. The summed E-state index contributed by atoms with van der Waals surface area (Å²) in [6, 6.07) is 1.50. The maximum atomic E-state index is 12.2. The molecule has 1 fully saturated rings. The minimum absolute atomic E-state index is 0.0872. The monoisotopic (exact) mass is 281 g/mol. The van der Waals surface area contributed by atoms with E-state index in [0.29, 0.717) is 10.9 Å². The summed E-state index contributed by atoms with van der Waals surface area (Å²) < 4.78 is 1.49. The summed E-state index contributed by atoms with van der Waals surface area (Å²) in [5, 5.41) is 0.392. The second-order valence-corrected chi connectivity index (χ2v) is 6.18. The van der Waals surface area contributed by atoms with E-state index >= 15 is 0 Å². The van der Waals surface area contributed by atoms with Gasteiger partial charge in [-0.05, 0) is 26.7 Å². The number of likely N-dealkylation sites (tertiary alicyclic amines) is 1. The van der Waals surface area contributed by atoms with E-state index in [0.717, 1.165) is 25.9 Å². The van der Waals surface area contributed by atoms with Crippen LogP contribution in [-0.4, -0.2) is 38.7 Å². The number of nitrogens with zero attached hydrogens (tertiary/aromatic N) is 3. The van der Waals surface area contributed by atoms with Crippen LogP contribution in [0.4, 0.5) is 0 Å². The Bertz CT molecular complexity index is 535. The van der Waals surface area contributed by atoms with Gasteiger partial charge in [-0.15, -0.1) is 0 Å². The highest BCUT2D eigenvalue weighted by molar-refractivity contribution is 8.00. The summed E-state index contributed by atoms with van der Waals surface area (Å²) >= 11 is 1.35. The molecule has 1 aliphatic rings. The van der Waals surface area contributed by atoms with Crippen molar-refractivity contribution < 1.29 is 4.79 Å². The van der Waals surface area contributed by atoms with Crippen molar-refractivity contribution in [1.29, 1.82) is 0 Å². The minimum atomic E-state index is -0.210. The van der Waals surface area contributed by atoms with Crippen molar-refractivity contribution in [3.05, 3.63) is 22.1 Å². The van der Waals surface area contributed by atoms with Gasteiger partial charge in [0.25, 0.3) is 5.56 Å². The summed E-state index contributed by atoms with van der Waals surface area (Å²) in [7, 11) is 1.68. The zero-order valence-electron chi connectivity index (χ0n) is 11.5. The molecule has 5 nitrogen and oxygen atoms in total. The average Bonchev–Trinajstić information content (AvgIpc) is 2.88. The zero-order chi connectivity index (χ0) is 14.0. The number of carbonyl (C=O) groups is 1. The second kappa shape index (κ2) is 5.77. The van der Waals surface area contributed by atoms with Gasteiger partial charge in [0, 0.05) is 31.9 Å². The highest BCUT2D eigenvalue weighted by Crippen LogP contribution is 2.23. The number of rotatable bonds is 3. The first kappa shape index (κ1) is 14.1. The third-order valence-electron chi connectivity index (χ3n) is 3.27. The van der Waals surface area contributed by atoms with Crippen molar-refractivity contribution in [2.24, 2.45) is 7.05 Å². The predicted octanol–water partition coefficient (Wildman–Crippen LogP) is 1.19. The Balaban J connectivity index is 2.12. The van der Waals surface area contributed by atoms with E-state index < -0.39 is 0 Å². The third-order valence-corrected chi connectivity index (χ3v) is 4.40. The van der Waals surface area contributed by atoms with Gasteiger partial charge in [0.15, 0.2) is 5.16 Å². The number of hydrogen-bond acceptors (Lipinski definition) is 4. The Morgan fingerprint density at radius 1 is 1.42 bits per heavy atom. The molecule has 1 amide bonds. The summed E-state index contributed by atoms with van der Waals surface area (Å²) in [6.45, 7) is 5.37. The van der Waals surface area contributed by atoms with Crippen LogP contribution in [-0.2, 0) is 11.8 Å². The molecule has 0 aliphatic carbocycles. The molecule has 0 N–H and O–H groups in total. The van der Waals surface area contributed by atoms with Crippen molar-refractivity contribution >= 4 is 17.7 Å². The van der Waals surface area contributed by atoms with Crippen molar-refractivity contribution in [3.8, 4) is 0 Å². The summed E-state index contributed by atoms with van der Waals surface area (Å²) in [4.78, 5) is 30.1. The normalized spacial score (nSPS) is 16.7. The first-order chi connectivity index (χ1) is 8.99. The van der Waals surface area contributed by atoms with E-state index in [-0.39, 0.29) is 16.7 Å². The molecule has 0 bridgehead atoms. The Labute approximate surface area is 117 Å². The van der Waals surface area contributed by atoms with E-state index in [1.165, 1.54) is 22.4 Å². The van der Waals surface area contributed by atoms with Gasteiger partial charge in [0.2, 0.25) is 5.91 Å². The molecule has 0 aromatic carbocycles.